The number of aromatic nitrogens is 6. The van der Waals surface area contributed by atoms with Crippen molar-refractivity contribution in [3.63, 3.8) is 0 Å². The molecule has 18 heteroatoms. The van der Waals surface area contributed by atoms with E-state index in [2.05, 4.69) is 25.4 Å². The maximum atomic E-state index is 14.2. The molecule has 0 bridgehead atoms. The van der Waals surface area contributed by atoms with Crippen LogP contribution in [0.1, 0.15) is 32.9 Å². The van der Waals surface area contributed by atoms with E-state index >= 15 is 0 Å². The van der Waals surface area contributed by atoms with Crippen molar-refractivity contribution >= 4 is 51.9 Å². The van der Waals surface area contributed by atoms with Gasteiger partial charge in [0, 0.05) is 55.1 Å². The van der Waals surface area contributed by atoms with Crippen molar-refractivity contribution in [3.05, 3.63) is 79.2 Å². The Bertz CT molecular complexity index is 2120. The number of hydrogen-bond donors (Lipinski definition) is 1. The van der Waals surface area contributed by atoms with Gasteiger partial charge in [0.15, 0.2) is 10.8 Å². The summed E-state index contributed by atoms with van der Waals surface area (Å²) in [5, 5.41) is 7.18. The SMILES string of the molecule is CCc1c(N2CCN(C(=O)c3ncc(C)s3)CC2)c(=O)n2nc(-c3ccnc(OC)c3)nc2n1CC(=O)Nc1ccc(C(F)(F)F)cc1Cl. The minimum absolute atomic E-state index is 0.0164. The molecule has 5 aromatic rings. The van der Waals surface area contributed by atoms with Crippen molar-refractivity contribution < 1.29 is 27.5 Å². The number of piperazine rings is 1. The maximum Gasteiger partial charge on any atom is 0.416 e. The fourth-order valence-electron chi connectivity index (χ4n) is 5.56. The number of hydrogen-bond acceptors (Lipinski definition) is 10. The molecule has 0 spiro atoms. The predicted molar refractivity (Wildman–Crippen MR) is 176 cm³/mol. The fourth-order valence-corrected chi connectivity index (χ4v) is 6.52. The third-order valence-corrected chi connectivity index (χ3v) is 9.14. The van der Waals surface area contributed by atoms with Crippen molar-refractivity contribution in [3.8, 4) is 17.3 Å². The standard InChI is InChI=1S/C31H29ClF3N9O4S/c1-4-22-25(41-9-11-42(12-10-41)29(47)27-37-15-17(2)49-27)28(46)44-30(39-26(40-44)18-7-8-36-24(13-18)48-3)43(22)16-23(45)38-21-6-5-19(14-20(21)32)31(33,34)35/h5-8,13-15H,4,9-12,16H2,1-3H3,(H,38,45). The second-order valence-electron chi connectivity index (χ2n) is 11.1. The number of rotatable bonds is 8. The first-order valence-electron chi connectivity index (χ1n) is 15.0. The summed E-state index contributed by atoms with van der Waals surface area (Å²) in [5.41, 5.74) is -0.167. The highest BCUT2D eigenvalue weighted by atomic mass is 35.5. The van der Waals surface area contributed by atoms with Crippen molar-refractivity contribution in [2.45, 2.75) is 33.0 Å². The van der Waals surface area contributed by atoms with Gasteiger partial charge in [0.05, 0.1) is 29.1 Å². The second kappa shape index (κ2) is 13.5. The second-order valence-corrected chi connectivity index (χ2v) is 12.7. The molecule has 1 aliphatic heterocycles. The van der Waals surface area contributed by atoms with Gasteiger partial charge in [-0.25, -0.2) is 9.97 Å². The van der Waals surface area contributed by atoms with E-state index in [1.807, 2.05) is 18.7 Å². The Balaban J connectivity index is 1.38. The van der Waals surface area contributed by atoms with Crippen LogP contribution < -0.4 is 20.5 Å². The molecule has 1 aromatic carbocycles. The number of pyridine rings is 1. The van der Waals surface area contributed by atoms with Gasteiger partial charge in [-0.1, -0.05) is 18.5 Å². The quantitative estimate of drug-likeness (QED) is 0.245. The molecule has 6 rings (SSSR count). The smallest absolute Gasteiger partial charge is 0.416 e. The molecule has 1 saturated heterocycles. The van der Waals surface area contributed by atoms with E-state index < -0.39 is 23.2 Å². The zero-order valence-corrected chi connectivity index (χ0v) is 28.0. The van der Waals surface area contributed by atoms with Crippen LogP contribution in [0, 0.1) is 6.92 Å². The maximum absolute atomic E-state index is 14.2. The largest absolute Gasteiger partial charge is 0.481 e. The number of amides is 2. The molecule has 5 heterocycles. The van der Waals surface area contributed by atoms with E-state index in [9.17, 15) is 27.6 Å². The Morgan fingerprint density at radius 1 is 1.10 bits per heavy atom. The average Bonchev–Trinajstić information content (AvgIpc) is 3.73. The summed E-state index contributed by atoms with van der Waals surface area (Å²) in [6, 6.07) is 5.88. The highest BCUT2D eigenvalue weighted by Gasteiger charge is 2.32. The zero-order chi connectivity index (χ0) is 35.0. The number of benzene rings is 1. The van der Waals surface area contributed by atoms with Crippen molar-refractivity contribution in [2.24, 2.45) is 0 Å². The number of halogens is 4. The van der Waals surface area contributed by atoms with Gasteiger partial charge < -0.3 is 24.4 Å². The first-order chi connectivity index (χ1) is 23.4. The van der Waals surface area contributed by atoms with Crippen LogP contribution in [0.25, 0.3) is 17.2 Å². The first kappa shape index (κ1) is 33.9. The van der Waals surface area contributed by atoms with Gasteiger partial charge in [-0.3, -0.25) is 14.4 Å². The predicted octanol–water partition coefficient (Wildman–Crippen LogP) is 4.56. The van der Waals surface area contributed by atoms with E-state index in [0.29, 0.717) is 54.7 Å². The van der Waals surface area contributed by atoms with Crippen molar-refractivity contribution in [1.29, 1.82) is 0 Å². The Labute approximate surface area is 285 Å². The monoisotopic (exact) mass is 715 g/mol. The Hall–Kier alpha value is -5.03. The molecule has 256 valence electrons. The number of nitrogens with one attached hydrogen (secondary N) is 1. The molecule has 1 fully saturated rings. The van der Waals surface area contributed by atoms with Gasteiger partial charge >= 0.3 is 6.18 Å². The topological polar surface area (TPSA) is 140 Å². The van der Waals surface area contributed by atoms with Gasteiger partial charge in [0.1, 0.15) is 12.2 Å². The van der Waals surface area contributed by atoms with Gasteiger partial charge in [-0.15, -0.1) is 16.4 Å². The molecule has 1 aliphatic rings. The third kappa shape index (κ3) is 6.80. The van der Waals surface area contributed by atoms with Crippen molar-refractivity contribution in [2.75, 3.05) is 43.5 Å². The van der Waals surface area contributed by atoms with Gasteiger partial charge in [-0.2, -0.15) is 22.7 Å². The number of aryl methyl sites for hydroxylation is 1. The van der Waals surface area contributed by atoms with E-state index in [4.69, 9.17) is 16.3 Å². The number of thiazole rings is 1. The number of anilines is 2. The Morgan fingerprint density at radius 3 is 2.49 bits per heavy atom. The molecule has 1 N–H and O–H groups in total. The van der Waals surface area contributed by atoms with Crippen LogP contribution in [0.4, 0.5) is 24.5 Å². The first-order valence-corrected chi connectivity index (χ1v) is 16.2. The molecule has 0 unspecified atom stereocenters. The highest BCUT2D eigenvalue weighted by Crippen LogP contribution is 2.34. The lowest BCUT2D eigenvalue weighted by atomic mass is 10.2. The minimum Gasteiger partial charge on any atom is -0.481 e. The normalized spacial score (nSPS) is 13.6. The minimum atomic E-state index is -4.61. The van der Waals surface area contributed by atoms with Crippen LogP contribution >= 0.6 is 22.9 Å². The van der Waals surface area contributed by atoms with E-state index in [1.165, 1.54) is 24.6 Å². The summed E-state index contributed by atoms with van der Waals surface area (Å²) in [4.78, 5) is 58.1. The van der Waals surface area contributed by atoms with Crippen LogP contribution in [0.15, 0.2) is 47.5 Å². The van der Waals surface area contributed by atoms with E-state index in [1.54, 1.807) is 27.8 Å². The molecule has 2 amide bonds. The summed E-state index contributed by atoms with van der Waals surface area (Å²) < 4.78 is 47.5. The summed E-state index contributed by atoms with van der Waals surface area (Å²) in [6.45, 7) is 4.61. The number of nitrogens with zero attached hydrogens (tertiary/aromatic N) is 8. The number of methoxy groups -OCH3 is 1. The molecule has 13 nitrogen and oxygen atoms in total. The molecular weight excluding hydrogens is 687 g/mol. The summed E-state index contributed by atoms with van der Waals surface area (Å²) in [7, 11) is 1.46. The lowest BCUT2D eigenvalue weighted by Crippen LogP contribution is -2.50. The molecule has 0 aliphatic carbocycles. The highest BCUT2D eigenvalue weighted by molar-refractivity contribution is 7.13. The summed E-state index contributed by atoms with van der Waals surface area (Å²) >= 11 is 7.43. The Morgan fingerprint density at radius 2 is 1.86 bits per heavy atom. The molecule has 0 radical (unpaired) electrons. The van der Waals surface area contributed by atoms with Gasteiger partial charge in [0.25, 0.3) is 11.5 Å². The zero-order valence-electron chi connectivity index (χ0n) is 26.4. The van der Waals surface area contributed by atoms with Crippen molar-refractivity contribution in [1.82, 2.24) is 34.0 Å². The van der Waals surface area contributed by atoms with E-state index in [-0.39, 0.29) is 40.5 Å². The third-order valence-electron chi connectivity index (χ3n) is 7.92. The number of carbonyl (C=O) groups excluding carboxylic acids is 2. The molecule has 0 saturated carbocycles. The summed E-state index contributed by atoms with van der Waals surface area (Å²) in [5.74, 6) is -0.274. The lowest BCUT2D eigenvalue weighted by Gasteiger charge is -2.36. The molecular formula is C31H29ClF3N9O4S. The Kier molecular flexibility index (Phi) is 9.30. The lowest BCUT2D eigenvalue weighted by molar-refractivity contribution is -0.137. The van der Waals surface area contributed by atoms with Crippen LogP contribution in [0.3, 0.4) is 0 Å². The van der Waals surface area contributed by atoms with Crippen LogP contribution in [-0.2, 0) is 23.9 Å². The van der Waals surface area contributed by atoms with Gasteiger partial charge in [0.2, 0.25) is 17.6 Å². The number of alkyl halides is 3. The molecule has 49 heavy (non-hydrogen) atoms. The molecule has 0 atom stereocenters. The summed E-state index contributed by atoms with van der Waals surface area (Å²) in [6.07, 6.45) is -1.15. The van der Waals surface area contributed by atoms with E-state index in [0.717, 1.165) is 27.6 Å². The van der Waals surface area contributed by atoms with Crippen LogP contribution in [0.5, 0.6) is 5.88 Å². The number of carbonyl (C=O) groups is 2. The average molecular weight is 716 g/mol. The van der Waals surface area contributed by atoms with Crippen LogP contribution in [-0.4, -0.2) is 79.1 Å². The molecule has 4 aromatic heterocycles. The number of ether oxygens (including phenoxy) is 1. The van der Waals surface area contributed by atoms with Crippen LogP contribution in [0.2, 0.25) is 5.02 Å². The van der Waals surface area contributed by atoms with Gasteiger partial charge in [-0.05, 0) is 37.6 Å². The number of fused-ring (bicyclic) bond motifs is 1. The fraction of sp³-hybridized carbons (Fsp3) is 0.323.